The summed E-state index contributed by atoms with van der Waals surface area (Å²) in [5.41, 5.74) is 2.26. The van der Waals surface area contributed by atoms with E-state index >= 15 is 0 Å². The average molecular weight is 502 g/mol. The number of carbonyl (C=O) groups is 2. The number of furan rings is 1. The standard InChI is InChI=1S/C27H17ClFN3O4/c28-22-12-18(5-8-25(22)35-14-16-2-1-3-19(29)10-16)27(34)32-26-21-11-17(4-7-23(21)30-15-31-26)24-9-6-20(13-33)36-24/h1-13,15H,14H2,(H,30,31,32,34). The second-order valence-corrected chi connectivity index (χ2v) is 8.20. The van der Waals surface area contributed by atoms with E-state index < -0.39 is 5.91 Å². The minimum Gasteiger partial charge on any atom is -0.487 e. The third-order valence-corrected chi connectivity index (χ3v) is 5.67. The molecule has 1 N–H and O–H groups in total. The van der Waals surface area contributed by atoms with Gasteiger partial charge in [0, 0.05) is 16.5 Å². The summed E-state index contributed by atoms with van der Waals surface area (Å²) in [5.74, 6) is 0.594. The lowest BCUT2D eigenvalue weighted by atomic mass is 10.1. The molecule has 3 aromatic carbocycles. The molecule has 2 aromatic heterocycles. The molecule has 36 heavy (non-hydrogen) atoms. The Balaban J connectivity index is 1.35. The molecular formula is C27H17ClFN3O4. The number of nitrogens with zero attached hydrogens (tertiary/aromatic N) is 2. The van der Waals surface area contributed by atoms with Crippen LogP contribution in [0.25, 0.3) is 22.2 Å². The Morgan fingerprint density at radius 2 is 1.94 bits per heavy atom. The Bertz CT molecular complexity index is 1600. The largest absolute Gasteiger partial charge is 0.487 e. The Morgan fingerprint density at radius 1 is 1.06 bits per heavy atom. The van der Waals surface area contributed by atoms with Gasteiger partial charge in [-0.2, -0.15) is 0 Å². The van der Waals surface area contributed by atoms with Crippen molar-refractivity contribution >= 4 is 40.5 Å². The van der Waals surface area contributed by atoms with E-state index in [1.165, 1.54) is 24.5 Å². The number of aldehydes is 1. The molecule has 178 valence electrons. The van der Waals surface area contributed by atoms with Crippen LogP contribution in [0.4, 0.5) is 10.2 Å². The van der Waals surface area contributed by atoms with Crippen LogP contribution in [-0.4, -0.2) is 22.2 Å². The van der Waals surface area contributed by atoms with E-state index in [1.807, 2.05) is 0 Å². The molecule has 0 fully saturated rings. The number of rotatable bonds is 7. The van der Waals surface area contributed by atoms with Crippen molar-refractivity contribution in [3.8, 4) is 17.1 Å². The number of anilines is 1. The molecule has 0 saturated carbocycles. The lowest BCUT2D eigenvalue weighted by molar-refractivity contribution is 0.102. The number of hydrogen-bond donors (Lipinski definition) is 1. The summed E-state index contributed by atoms with van der Waals surface area (Å²) in [6, 6.07) is 19.3. The van der Waals surface area contributed by atoms with Crippen LogP contribution >= 0.6 is 11.6 Å². The van der Waals surface area contributed by atoms with Gasteiger partial charge in [0.1, 0.15) is 36.1 Å². The number of benzene rings is 3. The van der Waals surface area contributed by atoms with Gasteiger partial charge in [-0.15, -0.1) is 0 Å². The summed E-state index contributed by atoms with van der Waals surface area (Å²) in [5, 5.41) is 3.61. The fourth-order valence-corrected chi connectivity index (χ4v) is 3.84. The molecule has 0 unspecified atom stereocenters. The van der Waals surface area contributed by atoms with Gasteiger partial charge in [0.25, 0.3) is 5.91 Å². The SMILES string of the molecule is O=Cc1ccc(-c2ccc3ncnc(NC(=O)c4ccc(OCc5cccc(F)c5)c(Cl)c4)c3c2)o1. The normalized spacial score (nSPS) is 10.8. The van der Waals surface area contributed by atoms with Crippen LogP contribution in [0.5, 0.6) is 5.75 Å². The van der Waals surface area contributed by atoms with Gasteiger partial charge < -0.3 is 14.5 Å². The zero-order valence-corrected chi connectivity index (χ0v) is 19.3. The van der Waals surface area contributed by atoms with Crippen molar-refractivity contribution in [2.24, 2.45) is 0 Å². The molecule has 7 nitrogen and oxygen atoms in total. The van der Waals surface area contributed by atoms with Gasteiger partial charge in [0.2, 0.25) is 0 Å². The number of halogens is 2. The number of hydrogen-bond acceptors (Lipinski definition) is 6. The molecule has 0 atom stereocenters. The summed E-state index contributed by atoms with van der Waals surface area (Å²) < 4.78 is 24.5. The first kappa shape index (κ1) is 23.2. The highest BCUT2D eigenvalue weighted by Crippen LogP contribution is 2.30. The van der Waals surface area contributed by atoms with Gasteiger partial charge >= 0.3 is 0 Å². The summed E-state index contributed by atoms with van der Waals surface area (Å²) in [4.78, 5) is 32.4. The summed E-state index contributed by atoms with van der Waals surface area (Å²) in [6.45, 7) is 0.127. The van der Waals surface area contributed by atoms with Crippen LogP contribution in [0.3, 0.4) is 0 Å². The number of carbonyl (C=O) groups excluding carboxylic acids is 2. The van der Waals surface area contributed by atoms with Gasteiger partial charge in [-0.3, -0.25) is 9.59 Å². The van der Waals surface area contributed by atoms with Crippen molar-refractivity contribution in [1.82, 2.24) is 9.97 Å². The van der Waals surface area contributed by atoms with E-state index in [1.54, 1.807) is 54.6 Å². The molecule has 0 radical (unpaired) electrons. The second kappa shape index (κ2) is 9.97. The van der Waals surface area contributed by atoms with Crippen molar-refractivity contribution in [3.05, 3.63) is 107 Å². The Labute approximate surface area is 209 Å². The Kier molecular flexibility index (Phi) is 6.42. The van der Waals surface area contributed by atoms with Gasteiger partial charge in [-0.25, -0.2) is 14.4 Å². The monoisotopic (exact) mass is 501 g/mol. The number of ether oxygens (including phenoxy) is 1. The maximum absolute atomic E-state index is 13.4. The molecule has 0 saturated heterocycles. The molecule has 0 aliphatic rings. The molecule has 1 amide bonds. The van der Waals surface area contributed by atoms with Crippen LogP contribution in [0, 0.1) is 5.82 Å². The smallest absolute Gasteiger partial charge is 0.256 e. The summed E-state index contributed by atoms with van der Waals surface area (Å²) in [6.07, 6.45) is 1.98. The number of nitrogens with one attached hydrogen (secondary N) is 1. The zero-order valence-electron chi connectivity index (χ0n) is 18.6. The summed E-state index contributed by atoms with van der Waals surface area (Å²) in [7, 11) is 0. The summed E-state index contributed by atoms with van der Waals surface area (Å²) >= 11 is 6.33. The molecule has 0 aliphatic heterocycles. The van der Waals surface area contributed by atoms with Crippen molar-refractivity contribution in [2.45, 2.75) is 6.61 Å². The number of aromatic nitrogens is 2. The number of fused-ring (bicyclic) bond motifs is 1. The second-order valence-electron chi connectivity index (χ2n) is 7.79. The molecule has 0 bridgehead atoms. The van der Waals surface area contributed by atoms with E-state index in [0.29, 0.717) is 51.2 Å². The first-order chi connectivity index (χ1) is 17.5. The lowest BCUT2D eigenvalue weighted by Crippen LogP contribution is -2.13. The number of amides is 1. The minimum absolute atomic E-state index is 0.127. The maximum atomic E-state index is 13.4. The maximum Gasteiger partial charge on any atom is 0.256 e. The predicted octanol–water partition coefficient (Wildman–Crippen LogP) is 6.33. The van der Waals surface area contributed by atoms with Crippen molar-refractivity contribution in [1.29, 1.82) is 0 Å². The fraction of sp³-hybridized carbons (Fsp3) is 0.0370. The van der Waals surface area contributed by atoms with Crippen LogP contribution in [0.15, 0.2) is 83.5 Å². The predicted molar refractivity (Wildman–Crippen MR) is 133 cm³/mol. The van der Waals surface area contributed by atoms with E-state index in [-0.39, 0.29) is 23.2 Å². The Hall–Kier alpha value is -4.56. The van der Waals surface area contributed by atoms with Crippen LogP contribution in [0.2, 0.25) is 5.02 Å². The van der Waals surface area contributed by atoms with Crippen molar-refractivity contribution in [2.75, 3.05) is 5.32 Å². The van der Waals surface area contributed by atoms with Gasteiger partial charge in [-0.1, -0.05) is 23.7 Å². The Morgan fingerprint density at radius 3 is 2.72 bits per heavy atom. The molecule has 0 aliphatic carbocycles. The van der Waals surface area contributed by atoms with Crippen molar-refractivity contribution in [3.63, 3.8) is 0 Å². The average Bonchev–Trinajstić information content (AvgIpc) is 3.37. The van der Waals surface area contributed by atoms with Gasteiger partial charge in [-0.05, 0) is 66.2 Å². The fourth-order valence-electron chi connectivity index (χ4n) is 3.61. The van der Waals surface area contributed by atoms with Gasteiger partial charge in [0.15, 0.2) is 12.0 Å². The molecular weight excluding hydrogens is 485 g/mol. The molecule has 5 rings (SSSR count). The molecule has 9 heteroatoms. The molecule has 0 spiro atoms. The van der Waals surface area contributed by atoms with Crippen molar-refractivity contribution < 1.29 is 23.1 Å². The van der Waals surface area contributed by atoms with Crippen LogP contribution in [-0.2, 0) is 6.61 Å². The lowest BCUT2D eigenvalue weighted by Gasteiger charge is -2.11. The topological polar surface area (TPSA) is 94.3 Å². The first-order valence-corrected chi connectivity index (χ1v) is 11.2. The minimum atomic E-state index is -0.430. The highest BCUT2D eigenvalue weighted by atomic mass is 35.5. The quantitative estimate of drug-likeness (QED) is 0.262. The molecule has 2 heterocycles. The van der Waals surface area contributed by atoms with Crippen LogP contribution in [0.1, 0.15) is 26.5 Å². The third-order valence-electron chi connectivity index (χ3n) is 5.37. The van der Waals surface area contributed by atoms with Gasteiger partial charge in [0.05, 0.1) is 10.5 Å². The first-order valence-electron chi connectivity index (χ1n) is 10.8. The van der Waals surface area contributed by atoms with Crippen LogP contribution < -0.4 is 10.1 Å². The highest BCUT2D eigenvalue weighted by molar-refractivity contribution is 6.32. The van der Waals surface area contributed by atoms with E-state index in [0.717, 1.165) is 0 Å². The van der Waals surface area contributed by atoms with E-state index in [4.69, 9.17) is 20.8 Å². The third kappa shape index (κ3) is 4.94. The highest BCUT2D eigenvalue weighted by Gasteiger charge is 2.14. The zero-order chi connectivity index (χ0) is 25.1. The molecule has 5 aromatic rings. The van der Waals surface area contributed by atoms with E-state index in [9.17, 15) is 14.0 Å². The van der Waals surface area contributed by atoms with E-state index in [2.05, 4.69) is 15.3 Å².